The van der Waals surface area contributed by atoms with Gasteiger partial charge in [0.15, 0.2) is 0 Å². The summed E-state index contributed by atoms with van der Waals surface area (Å²) in [6, 6.07) is 0. The average molecular weight is 250 g/mol. The van der Waals surface area contributed by atoms with E-state index in [2.05, 4.69) is 23.8 Å². The van der Waals surface area contributed by atoms with Gasteiger partial charge in [0.05, 0.1) is 6.33 Å². The molecule has 0 aliphatic heterocycles. The summed E-state index contributed by atoms with van der Waals surface area (Å²) in [6.45, 7) is 4.55. The predicted molar refractivity (Wildman–Crippen MR) is 78.8 cm³/mol. The lowest BCUT2D eigenvalue weighted by Crippen LogP contribution is -2.00. The van der Waals surface area contributed by atoms with Crippen molar-refractivity contribution in [3.8, 4) is 0 Å². The Morgan fingerprint density at radius 1 is 0.944 bits per heavy atom. The second-order valence-electron chi connectivity index (χ2n) is 5.40. The summed E-state index contributed by atoms with van der Waals surface area (Å²) in [5, 5.41) is 0. The third-order valence-electron chi connectivity index (χ3n) is 3.77. The van der Waals surface area contributed by atoms with Crippen molar-refractivity contribution >= 4 is 0 Å². The van der Waals surface area contributed by atoms with Crippen molar-refractivity contribution in [2.75, 3.05) is 0 Å². The molecule has 2 nitrogen and oxygen atoms in total. The van der Waals surface area contributed by atoms with Gasteiger partial charge in [0.1, 0.15) is 0 Å². The van der Waals surface area contributed by atoms with Crippen molar-refractivity contribution in [2.45, 2.75) is 84.0 Å². The first-order valence-electron chi connectivity index (χ1n) is 7.86. The zero-order valence-corrected chi connectivity index (χ0v) is 12.3. The number of hydrogen-bond donors (Lipinski definition) is 1. The summed E-state index contributed by atoms with van der Waals surface area (Å²) >= 11 is 0. The molecule has 0 saturated heterocycles. The van der Waals surface area contributed by atoms with Crippen LogP contribution in [0.15, 0.2) is 12.5 Å². The van der Waals surface area contributed by atoms with E-state index in [-0.39, 0.29) is 0 Å². The first-order chi connectivity index (χ1) is 8.88. The topological polar surface area (TPSA) is 28.7 Å². The lowest BCUT2D eigenvalue weighted by Gasteiger charge is -2.15. The molecule has 18 heavy (non-hydrogen) atoms. The van der Waals surface area contributed by atoms with Crippen LogP contribution in [0.5, 0.6) is 0 Å². The molecule has 0 aliphatic rings. The Morgan fingerprint density at radius 3 is 2.00 bits per heavy atom. The summed E-state index contributed by atoms with van der Waals surface area (Å²) in [6.07, 6.45) is 17.4. The Balaban J connectivity index is 2.29. The molecular formula is C16H30N2. The number of unbranched alkanes of at least 4 members (excludes halogenated alkanes) is 6. The van der Waals surface area contributed by atoms with E-state index >= 15 is 0 Å². The largest absolute Gasteiger partial charge is 0.348 e. The average Bonchev–Trinajstić information content (AvgIpc) is 2.91. The molecule has 104 valence electrons. The fourth-order valence-electron chi connectivity index (χ4n) is 2.58. The number of rotatable bonds is 11. The van der Waals surface area contributed by atoms with Crippen molar-refractivity contribution in [1.29, 1.82) is 0 Å². The Hall–Kier alpha value is -0.790. The molecule has 0 unspecified atom stereocenters. The lowest BCUT2D eigenvalue weighted by molar-refractivity contribution is 0.490. The molecule has 0 bridgehead atoms. The number of nitrogens with one attached hydrogen (secondary N) is 1. The van der Waals surface area contributed by atoms with E-state index < -0.39 is 0 Å². The van der Waals surface area contributed by atoms with Crippen LogP contribution >= 0.6 is 0 Å². The first kappa shape index (κ1) is 15.3. The van der Waals surface area contributed by atoms with Gasteiger partial charge < -0.3 is 4.98 Å². The molecular weight excluding hydrogens is 220 g/mol. The molecule has 1 heterocycles. The smallest absolute Gasteiger partial charge is 0.0921 e. The van der Waals surface area contributed by atoms with Crippen molar-refractivity contribution in [3.63, 3.8) is 0 Å². The number of nitrogens with zero attached hydrogens (tertiary/aromatic N) is 1. The van der Waals surface area contributed by atoms with Gasteiger partial charge in [-0.25, -0.2) is 4.98 Å². The number of aromatic amines is 1. The number of hydrogen-bond acceptors (Lipinski definition) is 1. The molecule has 0 fully saturated rings. The van der Waals surface area contributed by atoms with Crippen LogP contribution in [-0.4, -0.2) is 9.97 Å². The van der Waals surface area contributed by atoms with Crippen LogP contribution in [0.4, 0.5) is 0 Å². The van der Waals surface area contributed by atoms with Gasteiger partial charge in [-0.3, -0.25) is 0 Å². The van der Waals surface area contributed by atoms with Crippen LogP contribution in [0.3, 0.4) is 0 Å². The Morgan fingerprint density at radius 2 is 1.56 bits per heavy atom. The number of H-pyrrole nitrogens is 1. The molecule has 0 aromatic carbocycles. The van der Waals surface area contributed by atoms with Gasteiger partial charge in [-0.15, -0.1) is 0 Å². The van der Waals surface area contributed by atoms with E-state index in [1.54, 1.807) is 0 Å². The van der Waals surface area contributed by atoms with E-state index in [9.17, 15) is 0 Å². The molecule has 0 radical (unpaired) electrons. The predicted octanol–water partition coefficient (Wildman–Crippen LogP) is 5.43. The Kier molecular flexibility index (Phi) is 8.62. The highest BCUT2D eigenvalue weighted by Gasteiger charge is 2.12. The molecule has 1 aromatic rings. The van der Waals surface area contributed by atoms with Crippen LogP contribution in [0.25, 0.3) is 0 Å². The highest BCUT2D eigenvalue weighted by Crippen LogP contribution is 2.26. The minimum absolute atomic E-state index is 0.709. The SMILES string of the molecule is CCCCCCC(CCCCCC)c1cnc[nH]1. The van der Waals surface area contributed by atoms with E-state index in [4.69, 9.17) is 0 Å². The zero-order chi connectivity index (χ0) is 13.1. The van der Waals surface area contributed by atoms with Gasteiger partial charge in [-0.05, 0) is 12.8 Å². The highest BCUT2D eigenvalue weighted by molar-refractivity contribution is 5.03. The van der Waals surface area contributed by atoms with Crippen molar-refractivity contribution < 1.29 is 0 Å². The maximum Gasteiger partial charge on any atom is 0.0921 e. The van der Waals surface area contributed by atoms with Crippen molar-refractivity contribution in [1.82, 2.24) is 9.97 Å². The van der Waals surface area contributed by atoms with Gasteiger partial charge in [-0.2, -0.15) is 0 Å². The fourth-order valence-corrected chi connectivity index (χ4v) is 2.58. The molecule has 0 spiro atoms. The van der Waals surface area contributed by atoms with Gasteiger partial charge in [-0.1, -0.05) is 65.2 Å². The van der Waals surface area contributed by atoms with Gasteiger partial charge in [0.2, 0.25) is 0 Å². The van der Waals surface area contributed by atoms with Crippen molar-refractivity contribution in [3.05, 3.63) is 18.2 Å². The minimum atomic E-state index is 0.709. The van der Waals surface area contributed by atoms with Crippen LogP contribution in [0.2, 0.25) is 0 Å². The minimum Gasteiger partial charge on any atom is -0.348 e. The summed E-state index contributed by atoms with van der Waals surface area (Å²) in [4.78, 5) is 7.48. The molecule has 0 atom stereocenters. The summed E-state index contributed by atoms with van der Waals surface area (Å²) in [7, 11) is 0. The molecule has 0 saturated carbocycles. The molecule has 1 rings (SSSR count). The fraction of sp³-hybridized carbons (Fsp3) is 0.812. The molecule has 0 amide bonds. The van der Waals surface area contributed by atoms with E-state index in [0.717, 1.165) is 0 Å². The van der Waals surface area contributed by atoms with E-state index in [1.807, 2.05) is 12.5 Å². The summed E-state index contributed by atoms with van der Waals surface area (Å²) in [5.74, 6) is 0.709. The first-order valence-corrected chi connectivity index (χ1v) is 7.86. The third-order valence-corrected chi connectivity index (χ3v) is 3.77. The zero-order valence-electron chi connectivity index (χ0n) is 12.3. The van der Waals surface area contributed by atoms with Crippen molar-refractivity contribution in [2.24, 2.45) is 0 Å². The maximum absolute atomic E-state index is 4.18. The molecule has 1 aromatic heterocycles. The number of imidazole rings is 1. The molecule has 1 N–H and O–H groups in total. The summed E-state index contributed by atoms with van der Waals surface area (Å²) < 4.78 is 0. The second-order valence-corrected chi connectivity index (χ2v) is 5.40. The van der Waals surface area contributed by atoms with Gasteiger partial charge >= 0.3 is 0 Å². The van der Waals surface area contributed by atoms with E-state index in [1.165, 1.54) is 69.9 Å². The quantitative estimate of drug-likeness (QED) is 0.521. The Labute approximate surface area is 113 Å². The lowest BCUT2D eigenvalue weighted by atomic mass is 9.92. The Bertz CT molecular complexity index is 255. The van der Waals surface area contributed by atoms with Crippen LogP contribution in [-0.2, 0) is 0 Å². The second kappa shape index (κ2) is 10.2. The monoisotopic (exact) mass is 250 g/mol. The van der Waals surface area contributed by atoms with Gasteiger partial charge in [0.25, 0.3) is 0 Å². The summed E-state index contributed by atoms with van der Waals surface area (Å²) in [5.41, 5.74) is 1.35. The third kappa shape index (κ3) is 6.23. The van der Waals surface area contributed by atoms with Gasteiger partial charge in [0, 0.05) is 17.8 Å². The van der Waals surface area contributed by atoms with Crippen LogP contribution < -0.4 is 0 Å². The normalized spacial score (nSPS) is 11.3. The van der Waals surface area contributed by atoms with E-state index in [0.29, 0.717) is 5.92 Å². The standard InChI is InChI=1S/C16H30N2/c1-3-5-7-9-11-15(12-10-8-6-4-2)16-13-17-14-18-16/h13-15H,3-12H2,1-2H3,(H,17,18). The molecule has 0 aliphatic carbocycles. The van der Waals surface area contributed by atoms with Crippen LogP contribution in [0.1, 0.15) is 89.7 Å². The molecule has 2 heteroatoms. The van der Waals surface area contributed by atoms with Crippen LogP contribution in [0, 0.1) is 0 Å². The highest BCUT2D eigenvalue weighted by atomic mass is 14.9. The number of aromatic nitrogens is 2. The maximum atomic E-state index is 4.18.